The molecule has 2 aliphatic rings. The van der Waals surface area contributed by atoms with Crippen LogP contribution in [0, 0.1) is 19.8 Å². The highest BCUT2D eigenvalue weighted by Gasteiger charge is 2.48. The number of rotatable bonds is 3. The summed E-state index contributed by atoms with van der Waals surface area (Å²) in [6.07, 6.45) is 2.69. The van der Waals surface area contributed by atoms with Crippen molar-refractivity contribution in [3.05, 3.63) is 11.4 Å². The van der Waals surface area contributed by atoms with Crippen LogP contribution in [0.3, 0.4) is 0 Å². The number of hydrogen-bond acceptors (Lipinski definition) is 4. The third-order valence-electron chi connectivity index (χ3n) is 4.87. The van der Waals surface area contributed by atoms with Gasteiger partial charge < -0.3 is 0 Å². The lowest BCUT2D eigenvalue weighted by Gasteiger charge is -2.39. The summed E-state index contributed by atoms with van der Waals surface area (Å²) in [7, 11) is -1.88. The van der Waals surface area contributed by atoms with Crippen LogP contribution in [-0.2, 0) is 21.9 Å². The number of ketones is 1. The van der Waals surface area contributed by atoms with Crippen molar-refractivity contribution in [1.29, 1.82) is 0 Å². The van der Waals surface area contributed by atoms with Gasteiger partial charge in [0.05, 0.1) is 11.4 Å². The molecular formula is C15H23N3O3S. The van der Waals surface area contributed by atoms with Crippen LogP contribution in [0.2, 0.25) is 0 Å². The summed E-state index contributed by atoms with van der Waals surface area (Å²) >= 11 is 0. The maximum atomic E-state index is 13.3. The summed E-state index contributed by atoms with van der Waals surface area (Å²) in [6, 6.07) is -0.462. The molecule has 22 heavy (non-hydrogen) atoms. The van der Waals surface area contributed by atoms with Crippen molar-refractivity contribution in [3.63, 3.8) is 0 Å². The fourth-order valence-corrected chi connectivity index (χ4v) is 5.94. The smallest absolute Gasteiger partial charge is 0.247 e. The minimum Gasteiger partial charge on any atom is -0.300 e. The van der Waals surface area contributed by atoms with Crippen LogP contribution in [0.15, 0.2) is 4.90 Å². The van der Waals surface area contributed by atoms with E-state index < -0.39 is 10.0 Å². The highest BCUT2D eigenvalue weighted by Crippen LogP contribution is 2.43. The zero-order valence-electron chi connectivity index (χ0n) is 13.5. The van der Waals surface area contributed by atoms with E-state index in [1.165, 1.54) is 0 Å². The molecule has 1 saturated carbocycles. The van der Waals surface area contributed by atoms with Gasteiger partial charge in [-0.2, -0.15) is 9.40 Å². The molecule has 7 heteroatoms. The monoisotopic (exact) mass is 325 g/mol. The Balaban J connectivity index is 2.07. The van der Waals surface area contributed by atoms with E-state index in [0.29, 0.717) is 35.0 Å². The second-order valence-corrected chi connectivity index (χ2v) is 8.44. The Morgan fingerprint density at radius 2 is 1.82 bits per heavy atom. The lowest BCUT2D eigenvalue weighted by molar-refractivity contribution is -0.123. The summed E-state index contributed by atoms with van der Waals surface area (Å²) in [5, 5.41) is 4.24. The Hall–Kier alpha value is -1.21. The zero-order valence-corrected chi connectivity index (χ0v) is 14.4. The topological polar surface area (TPSA) is 72.3 Å². The number of sulfonamides is 1. The first-order valence-corrected chi connectivity index (χ1v) is 9.23. The predicted molar refractivity (Wildman–Crippen MR) is 81.9 cm³/mol. The van der Waals surface area contributed by atoms with Crippen LogP contribution < -0.4 is 0 Å². The molecular weight excluding hydrogens is 302 g/mol. The first kappa shape index (κ1) is 15.7. The lowest BCUT2D eigenvalue weighted by Crippen LogP contribution is -2.52. The van der Waals surface area contributed by atoms with Crippen LogP contribution in [0.25, 0.3) is 0 Å². The summed E-state index contributed by atoms with van der Waals surface area (Å²) in [5.41, 5.74) is 1.18. The molecule has 1 aromatic heterocycles. The maximum absolute atomic E-state index is 13.3. The Labute approximate surface area is 131 Å². The molecule has 6 nitrogen and oxygen atoms in total. The fraction of sp³-hybridized carbons (Fsp3) is 0.733. The van der Waals surface area contributed by atoms with Gasteiger partial charge in [0.25, 0.3) is 0 Å². The van der Waals surface area contributed by atoms with Crippen LogP contribution in [0.5, 0.6) is 0 Å². The zero-order chi connectivity index (χ0) is 16.2. The van der Waals surface area contributed by atoms with Crippen molar-refractivity contribution < 1.29 is 13.2 Å². The van der Waals surface area contributed by atoms with Gasteiger partial charge in [-0.25, -0.2) is 8.42 Å². The van der Waals surface area contributed by atoms with Gasteiger partial charge in [-0.3, -0.25) is 9.48 Å². The fourth-order valence-electron chi connectivity index (χ4n) is 3.66. The molecule has 1 aromatic rings. The van der Waals surface area contributed by atoms with Crippen molar-refractivity contribution in [2.24, 2.45) is 13.0 Å². The van der Waals surface area contributed by atoms with Crippen molar-refractivity contribution >= 4 is 15.8 Å². The van der Waals surface area contributed by atoms with Gasteiger partial charge in [-0.1, -0.05) is 0 Å². The molecule has 0 spiro atoms. The minimum atomic E-state index is -3.63. The highest BCUT2D eigenvalue weighted by atomic mass is 32.2. The molecule has 1 aliphatic carbocycles. The van der Waals surface area contributed by atoms with Crippen molar-refractivity contribution in [1.82, 2.24) is 14.1 Å². The first-order valence-electron chi connectivity index (χ1n) is 7.79. The number of nitrogens with zero attached hydrogens (tertiary/aromatic N) is 3. The van der Waals surface area contributed by atoms with E-state index in [1.54, 1.807) is 29.9 Å². The molecule has 1 aliphatic heterocycles. The second-order valence-electron chi connectivity index (χ2n) is 6.66. The average Bonchev–Trinajstić information content (AvgIpc) is 3.16. The molecule has 0 N–H and O–H groups in total. The number of piperidine rings is 1. The molecule has 0 amide bonds. The van der Waals surface area contributed by atoms with Gasteiger partial charge in [0.1, 0.15) is 10.7 Å². The van der Waals surface area contributed by atoms with Crippen molar-refractivity contribution in [2.45, 2.75) is 63.4 Å². The molecule has 122 valence electrons. The summed E-state index contributed by atoms with van der Waals surface area (Å²) in [6.45, 7) is 5.34. The normalized spacial score (nSPS) is 27.4. The summed E-state index contributed by atoms with van der Waals surface area (Å²) in [5.74, 6) is 0.509. The molecule has 1 saturated heterocycles. The molecule has 3 rings (SSSR count). The van der Waals surface area contributed by atoms with Crippen LogP contribution in [0.1, 0.15) is 44.0 Å². The lowest BCUT2D eigenvalue weighted by atomic mass is 9.95. The molecule has 0 radical (unpaired) electrons. The summed E-state index contributed by atoms with van der Waals surface area (Å²) in [4.78, 5) is 12.2. The van der Waals surface area contributed by atoms with E-state index in [1.807, 2.05) is 6.92 Å². The molecule has 2 unspecified atom stereocenters. The number of carbonyl (C=O) groups is 1. The molecule has 0 bridgehead atoms. The largest absolute Gasteiger partial charge is 0.300 e. The summed E-state index contributed by atoms with van der Waals surface area (Å²) < 4.78 is 29.7. The van der Waals surface area contributed by atoms with E-state index in [0.717, 1.165) is 12.8 Å². The quantitative estimate of drug-likeness (QED) is 0.845. The van der Waals surface area contributed by atoms with E-state index in [-0.39, 0.29) is 17.9 Å². The van der Waals surface area contributed by atoms with Gasteiger partial charge in [-0.15, -0.1) is 0 Å². The molecule has 2 heterocycles. The third-order valence-corrected chi connectivity index (χ3v) is 7.16. The van der Waals surface area contributed by atoms with Gasteiger partial charge in [-0.05, 0) is 39.5 Å². The van der Waals surface area contributed by atoms with Gasteiger partial charge in [0, 0.05) is 32.0 Å². The Bertz CT molecular complexity index is 719. The van der Waals surface area contributed by atoms with E-state index in [2.05, 4.69) is 5.10 Å². The molecule has 2 atom stereocenters. The van der Waals surface area contributed by atoms with Crippen LogP contribution in [0.4, 0.5) is 0 Å². The standard InChI is InChI=1S/C15H23N3O3S/c1-9-7-13(19)8-14(12-5-6-12)18(9)22(20,21)15-10(2)16-17(4)11(15)3/h9,12,14H,5-8H2,1-4H3. The Morgan fingerprint density at radius 3 is 2.32 bits per heavy atom. The number of hydrogen-bond donors (Lipinski definition) is 0. The number of aryl methyl sites for hydroxylation is 2. The number of Topliss-reactive ketones (excluding diaryl/α,β-unsaturated/α-hetero) is 1. The number of carbonyl (C=O) groups excluding carboxylic acids is 1. The van der Waals surface area contributed by atoms with Crippen molar-refractivity contribution in [2.75, 3.05) is 0 Å². The third kappa shape index (κ3) is 2.40. The van der Waals surface area contributed by atoms with Crippen LogP contribution in [-0.4, -0.2) is 40.4 Å². The highest BCUT2D eigenvalue weighted by molar-refractivity contribution is 7.89. The van der Waals surface area contributed by atoms with Gasteiger partial charge in [0.15, 0.2) is 0 Å². The SMILES string of the molecule is Cc1nn(C)c(C)c1S(=O)(=O)N1C(C)CC(=O)CC1C1CC1. The van der Waals surface area contributed by atoms with E-state index in [9.17, 15) is 13.2 Å². The predicted octanol–water partition coefficient (Wildman–Crippen LogP) is 1.56. The van der Waals surface area contributed by atoms with E-state index >= 15 is 0 Å². The Morgan fingerprint density at radius 1 is 1.18 bits per heavy atom. The maximum Gasteiger partial charge on any atom is 0.247 e. The average molecular weight is 325 g/mol. The van der Waals surface area contributed by atoms with Crippen molar-refractivity contribution in [3.8, 4) is 0 Å². The first-order chi connectivity index (χ1) is 10.2. The van der Waals surface area contributed by atoms with Gasteiger partial charge >= 0.3 is 0 Å². The Kier molecular flexibility index (Phi) is 3.68. The number of aromatic nitrogens is 2. The van der Waals surface area contributed by atoms with E-state index in [4.69, 9.17) is 0 Å². The molecule has 0 aromatic carbocycles. The molecule has 2 fully saturated rings. The van der Waals surface area contributed by atoms with Crippen LogP contribution >= 0.6 is 0 Å². The minimum absolute atomic E-state index is 0.176. The second kappa shape index (κ2) is 5.16. The van der Waals surface area contributed by atoms with Gasteiger partial charge in [0.2, 0.25) is 10.0 Å².